The normalized spacial score (nSPS) is 21.6. The number of hydrogen-bond acceptors (Lipinski definition) is 4. The van der Waals surface area contributed by atoms with Gasteiger partial charge in [-0.2, -0.15) is 0 Å². The number of carbonyl (C=O) groups excluding carboxylic acids is 1. The zero-order chi connectivity index (χ0) is 16.1. The third kappa shape index (κ3) is 3.67. The second-order valence-corrected chi connectivity index (χ2v) is 5.69. The molecule has 2 rings (SSSR count). The highest BCUT2D eigenvalue weighted by atomic mass is 16.5. The summed E-state index contributed by atoms with van der Waals surface area (Å²) in [4.78, 5) is 14.1. The number of likely N-dealkylation sites (N-methyl/N-ethyl adjacent to an activating group) is 1. The van der Waals surface area contributed by atoms with Gasteiger partial charge < -0.3 is 15.8 Å². The summed E-state index contributed by atoms with van der Waals surface area (Å²) >= 11 is 0. The van der Waals surface area contributed by atoms with Crippen molar-refractivity contribution in [2.24, 2.45) is 5.73 Å². The summed E-state index contributed by atoms with van der Waals surface area (Å²) in [6.45, 7) is 5.23. The van der Waals surface area contributed by atoms with Crippen LogP contribution in [0, 0.1) is 0 Å². The third-order valence-electron chi connectivity index (χ3n) is 4.08. The Morgan fingerprint density at radius 2 is 2.36 bits per heavy atom. The molecule has 1 aliphatic heterocycles. The maximum absolute atomic E-state index is 12.0. The van der Waals surface area contributed by atoms with Crippen molar-refractivity contribution in [1.29, 1.82) is 0 Å². The van der Waals surface area contributed by atoms with Crippen LogP contribution in [0.2, 0.25) is 0 Å². The second kappa shape index (κ2) is 7.42. The third-order valence-corrected chi connectivity index (χ3v) is 4.08. The van der Waals surface area contributed by atoms with Crippen molar-refractivity contribution in [3.8, 4) is 5.75 Å². The van der Waals surface area contributed by atoms with E-state index >= 15 is 0 Å². The largest absolute Gasteiger partial charge is 0.496 e. The summed E-state index contributed by atoms with van der Waals surface area (Å²) in [5.41, 5.74) is 8.29. The van der Waals surface area contributed by atoms with Gasteiger partial charge >= 0.3 is 0 Å². The monoisotopic (exact) mass is 303 g/mol. The van der Waals surface area contributed by atoms with Crippen LogP contribution in [0.15, 0.2) is 30.9 Å². The Labute approximate surface area is 132 Å². The van der Waals surface area contributed by atoms with Crippen molar-refractivity contribution in [3.05, 3.63) is 42.0 Å². The van der Waals surface area contributed by atoms with Gasteiger partial charge in [0.2, 0.25) is 5.91 Å². The molecule has 0 spiro atoms. The highest BCUT2D eigenvalue weighted by Crippen LogP contribution is 2.24. The van der Waals surface area contributed by atoms with Gasteiger partial charge in [-0.1, -0.05) is 18.2 Å². The lowest BCUT2D eigenvalue weighted by Gasteiger charge is -2.23. The lowest BCUT2D eigenvalue weighted by molar-refractivity contribution is -0.125. The van der Waals surface area contributed by atoms with Crippen LogP contribution in [-0.4, -0.2) is 43.6 Å². The fraction of sp³-hybridized carbons (Fsp3) is 0.471. The molecule has 0 bridgehead atoms. The summed E-state index contributed by atoms with van der Waals surface area (Å²) < 4.78 is 5.37. The van der Waals surface area contributed by atoms with E-state index in [-0.39, 0.29) is 18.0 Å². The van der Waals surface area contributed by atoms with Crippen LogP contribution in [0.3, 0.4) is 0 Å². The molecule has 1 heterocycles. The van der Waals surface area contributed by atoms with E-state index in [0.29, 0.717) is 13.0 Å². The van der Waals surface area contributed by atoms with Crippen LogP contribution < -0.4 is 15.8 Å². The average Bonchev–Trinajstić information content (AvgIpc) is 2.88. The highest BCUT2D eigenvalue weighted by Gasteiger charge is 2.34. The molecular formula is C17H25N3O2. The molecule has 1 fully saturated rings. The summed E-state index contributed by atoms with van der Waals surface area (Å²) in [7, 11) is 3.34. The van der Waals surface area contributed by atoms with Gasteiger partial charge in [-0.3, -0.25) is 9.69 Å². The van der Waals surface area contributed by atoms with Crippen LogP contribution >= 0.6 is 0 Å². The van der Waals surface area contributed by atoms with E-state index in [9.17, 15) is 4.79 Å². The molecule has 5 nitrogen and oxygen atoms in total. The summed E-state index contributed by atoms with van der Waals surface area (Å²) in [6, 6.07) is 6.03. The maximum atomic E-state index is 12.0. The van der Waals surface area contributed by atoms with Crippen molar-refractivity contribution in [1.82, 2.24) is 10.2 Å². The maximum Gasteiger partial charge on any atom is 0.237 e. The van der Waals surface area contributed by atoms with Crippen molar-refractivity contribution < 1.29 is 9.53 Å². The number of carbonyl (C=O) groups is 1. The molecule has 0 aliphatic carbocycles. The first kappa shape index (κ1) is 16.5. The smallest absolute Gasteiger partial charge is 0.237 e. The number of rotatable bonds is 6. The van der Waals surface area contributed by atoms with Crippen LogP contribution in [0.25, 0.3) is 0 Å². The predicted octanol–water partition coefficient (Wildman–Crippen LogP) is 1.07. The SMILES string of the molecule is C=CCc1cc(CN2C[C@H](N)C[C@H]2C(=O)NC)ccc1OC. The Morgan fingerprint density at radius 3 is 3.00 bits per heavy atom. The van der Waals surface area contributed by atoms with E-state index in [1.165, 1.54) is 0 Å². The Bertz CT molecular complexity index is 545. The molecule has 2 atom stereocenters. The number of hydrogen-bond donors (Lipinski definition) is 2. The second-order valence-electron chi connectivity index (χ2n) is 5.69. The van der Waals surface area contributed by atoms with Gasteiger partial charge in [0.1, 0.15) is 5.75 Å². The topological polar surface area (TPSA) is 67.6 Å². The average molecular weight is 303 g/mol. The van der Waals surface area contributed by atoms with Crippen molar-refractivity contribution in [2.75, 3.05) is 20.7 Å². The van der Waals surface area contributed by atoms with E-state index in [1.807, 2.05) is 18.2 Å². The van der Waals surface area contributed by atoms with Crippen molar-refractivity contribution in [3.63, 3.8) is 0 Å². The van der Waals surface area contributed by atoms with Gasteiger partial charge in [-0.05, 0) is 30.0 Å². The minimum absolute atomic E-state index is 0.0350. The van der Waals surface area contributed by atoms with Crippen LogP contribution in [0.5, 0.6) is 5.75 Å². The van der Waals surface area contributed by atoms with E-state index < -0.39 is 0 Å². The van der Waals surface area contributed by atoms with Crippen molar-refractivity contribution in [2.45, 2.75) is 31.5 Å². The summed E-state index contributed by atoms with van der Waals surface area (Å²) in [6.07, 6.45) is 3.32. The molecule has 120 valence electrons. The highest BCUT2D eigenvalue weighted by molar-refractivity contribution is 5.81. The molecule has 0 saturated carbocycles. The van der Waals surface area contributed by atoms with E-state index in [2.05, 4.69) is 22.9 Å². The van der Waals surface area contributed by atoms with Crippen LogP contribution in [-0.2, 0) is 17.8 Å². The summed E-state index contributed by atoms with van der Waals surface area (Å²) in [5, 5.41) is 2.72. The number of nitrogens with one attached hydrogen (secondary N) is 1. The number of allylic oxidation sites excluding steroid dienone is 1. The van der Waals surface area contributed by atoms with Gasteiger partial charge in [0, 0.05) is 26.2 Å². The van der Waals surface area contributed by atoms with Crippen molar-refractivity contribution >= 4 is 5.91 Å². The fourth-order valence-electron chi connectivity index (χ4n) is 3.03. The quantitative estimate of drug-likeness (QED) is 0.772. The molecule has 0 radical (unpaired) electrons. The Hall–Kier alpha value is -1.85. The number of nitrogens with zero attached hydrogens (tertiary/aromatic N) is 1. The molecule has 1 saturated heterocycles. The number of methoxy groups -OCH3 is 1. The number of benzene rings is 1. The lowest BCUT2D eigenvalue weighted by atomic mass is 10.1. The Balaban J connectivity index is 2.16. The fourth-order valence-corrected chi connectivity index (χ4v) is 3.03. The van der Waals surface area contributed by atoms with Crippen LogP contribution in [0.4, 0.5) is 0 Å². The molecule has 1 aliphatic rings. The molecule has 5 heteroatoms. The minimum Gasteiger partial charge on any atom is -0.496 e. The Morgan fingerprint density at radius 1 is 1.59 bits per heavy atom. The van der Waals surface area contributed by atoms with Gasteiger partial charge in [-0.15, -0.1) is 6.58 Å². The molecule has 1 aromatic carbocycles. The van der Waals surface area contributed by atoms with E-state index in [0.717, 1.165) is 29.8 Å². The number of nitrogens with two attached hydrogens (primary N) is 1. The first-order valence-electron chi connectivity index (χ1n) is 7.57. The zero-order valence-corrected chi connectivity index (χ0v) is 13.3. The molecular weight excluding hydrogens is 278 g/mol. The summed E-state index contributed by atoms with van der Waals surface area (Å²) in [5.74, 6) is 0.900. The molecule has 1 amide bonds. The lowest BCUT2D eigenvalue weighted by Crippen LogP contribution is -2.41. The first-order chi connectivity index (χ1) is 10.6. The number of likely N-dealkylation sites (tertiary alicyclic amines) is 1. The van der Waals surface area contributed by atoms with E-state index in [1.54, 1.807) is 14.2 Å². The molecule has 1 aromatic rings. The van der Waals surface area contributed by atoms with Gasteiger partial charge in [0.05, 0.1) is 13.2 Å². The first-order valence-corrected chi connectivity index (χ1v) is 7.57. The molecule has 0 unspecified atom stereocenters. The zero-order valence-electron chi connectivity index (χ0n) is 13.3. The number of amides is 1. The van der Waals surface area contributed by atoms with Gasteiger partial charge in [-0.25, -0.2) is 0 Å². The molecule has 0 aromatic heterocycles. The molecule has 22 heavy (non-hydrogen) atoms. The molecule has 3 N–H and O–H groups in total. The number of ether oxygens (including phenoxy) is 1. The predicted molar refractivity (Wildman–Crippen MR) is 87.8 cm³/mol. The standard InChI is InChI=1S/C17H25N3O2/c1-4-5-13-8-12(6-7-16(13)22-3)10-20-11-14(18)9-15(20)17(21)19-2/h4,6-8,14-15H,1,5,9-11,18H2,2-3H3,(H,19,21)/t14-,15+/m1/s1. The van der Waals surface area contributed by atoms with Gasteiger partial charge in [0.25, 0.3) is 0 Å². The Kier molecular flexibility index (Phi) is 5.57. The van der Waals surface area contributed by atoms with E-state index in [4.69, 9.17) is 10.5 Å². The van der Waals surface area contributed by atoms with Crippen LogP contribution in [0.1, 0.15) is 17.5 Å². The van der Waals surface area contributed by atoms with Gasteiger partial charge in [0.15, 0.2) is 0 Å². The minimum atomic E-state index is -0.148.